The van der Waals surface area contributed by atoms with E-state index in [-0.39, 0.29) is 0 Å². The summed E-state index contributed by atoms with van der Waals surface area (Å²) in [6, 6.07) is 12.8. The molecule has 1 N–H and O–H groups in total. The molecular formula is C16H17NO4S. The summed E-state index contributed by atoms with van der Waals surface area (Å²) in [5.41, 5.74) is 0.745. The number of hydrogen-bond donors (Lipinski definition) is 2. The molecular weight excluding hydrogens is 302 g/mol. The Morgan fingerprint density at radius 2 is 1.73 bits per heavy atom. The minimum absolute atomic E-state index is 0.530. The molecule has 1 amide bonds. The van der Waals surface area contributed by atoms with Crippen molar-refractivity contribution in [2.24, 2.45) is 0 Å². The standard InChI is InChI=1S/C16H17NO4S/c1-20-15(18)14(22)13(17-16(19)21-2)12-8-7-10-5-3-4-6-11(10)9-12/h3-9,13-14,22H,1-2H3,(H,17,19)/t13-,14+/m1/s1. The fraction of sp³-hybridized carbons (Fsp3) is 0.250. The van der Waals surface area contributed by atoms with Gasteiger partial charge in [0.1, 0.15) is 5.25 Å². The van der Waals surface area contributed by atoms with Crippen molar-refractivity contribution in [3.63, 3.8) is 0 Å². The van der Waals surface area contributed by atoms with E-state index in [1.165, 1.54) is 14.2 Å². The van der Waals surface area contributed by atoms with Crippen molar-refractivity contribution in [2.45, 2.75) is 11.3 Å². The van der Waals surface area contributed by atoms with Gasteiger partial charge in [0.2, 0.25) is 0 Å². The molecule has 0 saturated carbocycles. The van der Waals surface area contributed by atoms with Gasteiger partial charge in [-0.2, -0.15) is 12.6 Å². The first kappa shape index (κ1) is 16.2. The minimum Gasteiger partial charge on any atom is -0.468 e. The molecule has 0 bridgehead atoms. The molecule has 0 saturated heterocycles. The summed E-state index contributed by atoms with van der Waals surface area (Å²) in [5.74, 6) is -0.530. The van der Waals surface area contributed by atoms with E-state index in [0.717, 1.165) is 16.3 Å². The highest BCUT2D eigenvalue weighted by Gasteiger charge is 2.29. The molecule has 2 atom stereocenters. The first-order chi connectivity index (χ1) is 10.6. The van der Waals surface area contributed by atoms with Crippen molar-refractivity contribution in [1.82, 2.24) is 5.32 Å². The molecule has 0 aromatic heterocycles. The Kier molecular flexibility index (Phi) is 5.27. The smallest absolute Gasteiger partial charge is 0.407 e. The lowest BCUT2D eigenvalue weighted by molar-refractivity contribution is -0.140. The quantitative estimate of drug-likeness (QED) is 0.672. The van der Waals surface area contributed by atoms with Gasteiger partial charge in [-0.3, -0.25) is 4.79 Å². The van der Waals surface area contributed by atoms with E-state index in [9.17, 15) is 9.59 Å². The summed E-state index contributed by atoms with van der Waals surface area (Å²) in [5, 5.41) is 3.85. The maximum absolute atomic E-state index is 11.8. The molecule has 0 fully saturated rings. The number of alkyl carbamates (subject to hydrolysis) is 1. The van der Waals surface area contributed by atoms with Crippen molar-refractivity contribution in [1.29, 1.82) is 0 Å². The third kappa shape index (κ3) is 3.51. The maximum Gasteiger partial charge on any atom is 0.407 e. The number of carbonyl (C=O) groups excluding carboxylic acids is 2. The lowest BCUT2D eigenvalue weighted by Gasteiger charge is -2.23. The van der Waals surface area contributed by atoms with Crippen LogP contribution >= 0.6 is 12.6 Å². The van der Waals surface area contributed by atoms with E-state index in [4.69, 9.17) is 4.74 Å². The van der Waals surface area contributed by atoms with Crippen LogP contribution in [-0.4, -0.2) is 31.5 Å². The maximum atomic E-state index is 11.8. The number of rotatable bonds is 4. The van der Waals surface area contributed by atoms with E-state index >= 15 is 0 Å². The third-order valence-corrected chi connectivity index (χ3v) is 3.86. The SMILES string of the molecule is COC(=O)N[C@H](c1ccc2ccccc2c1)[C@H](S)C(=O)OC. The summed E-state index contributed by atoms with van der Waals surface area (Å²) in [6.45, 7) is 0. The molecule has 0 aliphatic carbocycles. The average molecular weight is 319 g/mol. The molecule has 0 aliphatic heterocycles. The Morgan fingerprint density at radius 3 is 2.36 bits per heavy atom. The van der Waals surface area contributed by atoms with Crippen LogP contribution in [0.1, 0.15) is 11.6 Å². The number of carbonyl (C=O) groups is 2. The van der Waals surface area contributed by atoms with Gasteiger partial charge >= 0.3 is 12.1 Å². The monoisotopic (exact) mass is 319 g/mol. The lowest BCUT2D eigenvalue weighted by atomic mass is 9.99. The van der Waals surface area contributed by atoms with Gasteiger partial charge in [-0.1, -0.05) is 36.4 Å². The minimum atomic E-state index is -0.842. The van der Waals surface area contributed by atoms with E-state index in [1.807, 2.05) is 42.5 Å². The van der Waals surface area contributed by atoms with Crippen LogP contribution in [0.2, 0.25) is 0 Å². The molecule has 2 rings (SSSR count). The molecule has 22 heavy (non-hydrogen) atoms. The van der Waals surface area contributed by atoms with Crippen molar-refractivity contribution in [2.75, 3.05) is 14.2 Å². The predicted molar refractivity (Wildman–Crippen MR) is 87.0 cm³/mol. The van der Waals surface area contributed by atoms with Gasteiger partial charge in [0, 0.05) is 0 Å². The van der Waals surface area contributed by atoms with E-state index in [0.29, 0.717) is 0 Å². The third-order valence-electron chi connectivity index (χ3n) is 3.35. The van der Waals surface area contributed by atoms with Crippen molar-refractivity contribution < 1.29 is 19.1 Å². The Hall–Kier alpha value is -2.21. The fourth-order valence-electron chi connectivity index (χ4n) is 2.19. The topological polar surface area (TPSA) is 64.6 Å². The second kappa shape index (κ2) is 7.17. The summed E-state index contributed by atoms with van der Waals surface area (Å²) in [7, 11) is 2.54. The summed E-state index contributed by atoms with van der Waals surface area (Å²) in [4.78, 5) is 23.3. The summed E-state index contributed by atoms with van der Waals surface area (Å²) < 4.78 is 9.33. The molecule has 2 aromatic rings. The van der Waals surface area contributed by atoms with Crippen LogP contribution in [0.15, 0.2) is 42.5 Å². The van der Waals surface area contributed by atoms with Crippen molar-refractivity contribution in [3.8, 4) is 0 Å². The van der Waals surface area contributed by atoms with Gasteiger partial charge in [0.05, 0.1) is 20.3 Å². The number of fused-ring (bicyclic) bond motifs is 1. The van der Waals surface area contributed by atoms with Gasteiger partial charge in [-0.05, 0) is 22.4 Å². The number of methoxy groups -OCH3 is 2. The van der Waals surface area contributed by atoms with Gasteiger partial charge in [0.15, 0.2) is 0 Å². The fourth-order valence-corrected chi connectivity index (χ4v) is 2.54. The van der Waals surface area contributed by atoms with Crippen LogP contribution in [0.25, 0.3) is 10.8 Å². The number of benzene rings is 2. The molecule has 116 valence electrons. The second-order valence-electron chi connectivity index (χ2n) is 4.69. The van der Waals surface area contributed by atoms with Gasteiger partial charge in [-0.15, -0.1) is 0 Å². The van der Waals surface area contributed by atoms with Crippen molar-refractivity contribution >= 4 is 35.5 Å². The zero-order chi connectivity index (χ0) is 16.1. The molecule has 2 aromatic carbocycles. The zero-order valence-corrected chi connectivity index (χ0v) is 13.2. The number of thiol groups is 1. The lowest BCUT2D eigenvalue weighted by Crippen LogP contribution is -2.38. The second-order valence-corrected chi connectivity index (χ2v) is 5.24. The highest BCUT2D eigenvalue weighted by Crippen LogP contribution is 2.26. The highest BCUT2D eigenvalue weighted by molar-refractivity contribution is 7.81. The molecule has 0 radical (unpaired) electrons. The normalized spacial score (nSPS) is 13.2. The van der Waals surface area contributed by atoms with E-state index in [1.54, 1.807) is 0 Å². The Labute approximate surface area is 134 Å². The number of hydrogen-bond acceptors (Lipinski definition) is 5. The van der Waals surface area contributed by atoms with Gasteiger partial charge in [0.25, 0.3) is 0 Å². The summed E-state index contributed by atoms with van der Waals surface area (Å²) >= 11 is 4.27. The molecule has 0 unspecified atom stereocenters. The van der Waals surface area contributed by atoms with Crippen LogP contribution in [-0.2, 0) is 14.3 Å². The van der Waals surface area contributed by atoms with E-state index in [2.05, 4.69) is 22.7 Å². The van der Waals surface area contributed by atoms with Gasteiger partial charge < -0.3 is 14.8 Å². The highest BCUT2D eigenvalue weighted by atomic mass is 32.1. The predicted octanol–water partition coefficient (Wildman–Crippen LogP) is 2.71. The number of nitrogens with one attached hydrogen (secondary N) is 1. The van der Waals surface area contributed by atoms with Crippen LogP contribution in [0.4, 0.5) is 4.79 Å². The largest absolute Gasteiger partial charge is 0.468 e. The average Bonchev–Trinajstić information content (AvgIpc) is 2.57. The first-order valence-corrected chi connectivity index (χ1v) is 7.17. The Balaban J connectivity index is 2.40. The van der Waals surface area contributed by atoms with Crippen LogP contribution in [0, 0.1) is 0 Å². The molecule has 0 heterocycles. The number of ether oxygens (including phenoxy) is 2. The van der Waals surface area contributed by atoms with Gasteiger partial charge in [-0.25, -0.2) is 4.79 Å². The number of amides is 1. The van der Waals surface area contributed by atoms with E-state index < -0.39 is 23.4 Å². The van der Waals surface area contributed by atoms with Crippen LogP contribution < -0.4 is 5.32 Å². The summed E-state index contributed by atoms with van der Waals surface area (Å²) in [6.07, 6.45) is -0.638. The van der Waals surface area contributed by atoms with Crippen LogP contribution in [0.3, 0.4) is 0 Å². The molecule has 5 nitrogen and oxygen atoms in total. The first-order valence-electron chi connectivity index (χ1n) is 6.66. The zero-order valence-electron chi connectivity index (χ0n) is 12.3. The molecule has 0 spiro atoms. The molecule has 0 aliphatic rings. The van der Waals surface area contributed by atoms with Crippen LogP contribution in [0.5, 0.6) is 0 Å². The molecule has 6 heteroatoms. The Morgan fingerprint density at radius 1 is 1.05 bits per heavy atom. The number of esters is 1. The Bertz CT molecular complexity index is 689. The van der Waals surface area contributed by atoms with Crippen molar-refractivity contribution in [3.05, 3.63) is 48.0 Å².